The lowest BCUT2D eigenvalue weighted by Gasteiger charge is -2.07. The zero-order valence-corrected chi connectivity index (χ0v) is 25.4. The summed E-state index contributed by atoms with van der Waals surface area (Å²) in [5, 5.41) is 10.7. The van der Waals surface area contributed by atoms with Gasteiger partial charge in [-0.3, -0.25) is 14.4 Å². The molecule has 0 saturated carbocycles. The zero-order chi connectivity index (χ0) is 30.2. The Morgan fingerprint density at radius 1 is 0.721 bits per heavy atom. The molecule has 4 aromatic carbocycles. The van der Waals surface area contributed by atoms with Gasteiger partial charge in [0.1, 0.15) is 0 Å². The van der Waals surface area contributed by atoms with Gasteiger partial charge < -0.3 is 20.7 Å². The monoisotopic (exact) mass is 630 g/mol. The van der Waals surface area contributed by atoms with Gasteiger partial charge in [-0.25, -0.2) is 9.78 Å². The van der Waals surface area contributed by atoms with Crippen LogP contribution in [0.1, 0.15) is 10.4 Å². The molecule has 3 amide bonds. The number of carbonyl (C=O) groups is 4. The molecule has 1 heterocycles. The minimum absolute atomic E-state index is 0.132. The normalized spacial score (nSPS) is 10.8. The largest absolute Gasteiger partial charge is 0.465 e. The highest BCUT2D eigenvalue weighted by Gasteiger charge is 2.12. The van der Waals surface area contributed by atoms with Crippen molar-refractivity contribution in [2.75, 3.05) is 40.3 Å². The number of amides is 3. The van der Waals surface area contributed by atoms with Crippen molar-refractivity contribution >= 4 is 96.6 Å². The Balaban J connectivity index is 1.06. The van der Waals surface area contributed by atoms with Crippen molar-refractivity contribution in [3.63, 3.8) is 0 Å². The molecule has 0 atom stereocenters. The van der Waals surface area contributed by atoms with Crippen LogP contribution in [0.2, 0.25) is 0 Å². The van der Waals surface area contributed by atoms with E-state index in [0.717, 1.165) is 31.0 Å². The third kappa shape index (κ3) is 8.34. The van der Waals surface area contributed by atoms with Gasteiger partial charge in [0.15, 0.2) is 4.34 Å². The molecule has 218 valence electrons. The summed E-state index contributed by atoms with van der Waals surface area (Å²) >= 11 is 3.98. The number of methoxy groups -OCH3 is 1. The molecule has 0 fully saturated rings. The number of thiazole rings is 1. The summed E-state index contributed by atoms with van der Waals surface area (Å²) in [6, 6.07) is 25.6. The van der Waals surface area contributed by atoms with Gasteiger partial charge in [-0.15, -0.1) is 23.1 Å². The van der Waals surface area contributed by atoms with Crippen molar-refractivity contribution in [1.82, 2.24) is 4.98 Å². The highest BCUT2D eigenvalue weighted by molar-refractivity contribution is 8.01. The van der Waals surface area contributed by atoms with E-state index >= 15 is 0 Å². The minimum Gasteiger partial charge on any atom is -0.465 e. The lowest BCUT2D eigenvalue weighted by molar-refractivity contribution is -0.114. The molecule has 0 radical (unpaired) electrons. The smallest absolute Gasteiger partial charge is 0.337 e. The maximum Gasteiger partial charge on any atom is 0.337 e. The number of benzene rings is 4. The second-order valence-electron chi connectivity index (χ2n) is 9.22. The lowest BCUT2D eigenvalue weighted by atomic mass is 10.1. The number of ether oxygens (including phenoxy) is 1. The van der Waals surface area contributed by atoms with Gasteiger partial charge in [-0.05, 0) is 65.4 Å². The van der Waals surface area contributed by atoms with E-state index < -0.39 is 5.97 Å². The Bertz CT molecular complexity index is 1810. The Morgan fingerprint density at radius 2 is 1.33 bits per heavy atom. The number of nitrogens with one attached hydrogen (secondary N) is 3. The molecule has 0 unspecified atom stereocenters. The molecule has 5 rings (SSSR count). The molecule has 3 N–H and O–H groups in total. The van der Waals surface area contributed by atoms with E-state index in [4.69, 9.17) is 0 Å². The summed E-state index contributed by atoms with van der Waals surface area (Å²) in [6.07, 6.45) is 0. The highest BCUT2D eigenvalue weighted by Crippen LogP contribution is 2.31. The number of anilines is 3. The average molecular weight is 631 g/mol. The van der Waals surface area contributed by atoms with Crippen LogP contribution in [0, 0.1) is 0 Å². The number of thioether (sulfide) groups is 2. The van der Waals surface area contributed by atoms with E-state index in [-0.39, 0.29) is 35.0 Å². The van der Waals surface area contributed by atoms with Crippen molar-refractivity contribution < 1.29 is 23.9 Å². The molecule has 0 saturated heterocycles. The SMILES string of the molecule is COC(=O)c1ccc(NC(=O)CSc2nc3ccc(NC(=O)CSCC(=O)Nc4ccc5ccccc5c4)cc3s2)cc1. The molecule has 5 aromatic rings. The summed E-state index contributed by atoms with van der Waals surface area (Å²) < 4.78 is 6.28. The van der Waals surface area contributed by atoms with Crippen molar-refractivity contribution in [2.45, 2.75) is 4.34 Å². The molecule has 0 aliphatic carbocycles. The first kappa shape index (κ1) is 30.1. The van der Waals surface area contributed by atoms with Crippen LogP contribution in [0.3, 0.4) is 0 Å². The first-order chi connectivity index (χ1) is 20.9. The summed E-state index contributed by atoms with van der Waals surface area (Å²) in [6.45, 7) is 0. The maximum atomic E-state index is 12.5. The molecular formula is C31H26N4O5S3. The molecule has 0 spiro atoms. The minimum atomic E-state index is -0.441. The van der Waals surface area contributed by atoms with E-state index in [9.17, 15) is 19.2 Å². The Morgan fingerprint density at radius 3 is 2.05 bits per heavy atom. The van der Waals surface area contributed by atoms with E-state index in [1.165, 1.54) is 42.0 Å². The molecule has 9 nitrogen and oxygen atoms in total. The second kappa shape index (κ2) is 14.2. The van der Waals surface area contributed by atoms with Gasteiger partial charge in [0.25, 0.3) is 0 Å². The predicted molar refractivity (Wildman–Crippen MR) is 175 cm³/mol. The topological polar surface area (TPSA) is 126 Å². The third-order valence-electron chi connectivity index (χ3n) is 6.07. The van der Waals surface area contributed by atoms with Crippen LogP contribution in [0.4, 0.5) is 17.1 Å². The van der Waals surface area contributed by atoms with Gasteiger partial charge >= 0.3 is 5.97 Å². The summed E-state index contributed by atoms with van der Waals surface area (Å²) in [7, 11) is 1.31. The van der Waals surface area contributed by atoms with Gasteiger partial charge in [0.05, 0.1) is 40.1 Å². The van der Waals surface area contributed by atoms with Crippen molar-refractivity contribution in [3.8, 4) is 0 Å². The Kier molecular flexibility index (Phi) is 9.92. The lowest BCUT2D eigenvalue weighted by Crippen LogP contribution is -2.18. The molecule has 12 heteroatoms. The molecule has 1 aromatic heterocycles. The van der Waals surface area contributed by atoms with Gasteiger partial charge in [0.2, 0.25) is 17.7 Å². The number of carbonyl (C=O) groups excluding carboxylic acids is 4. The standard InChI is InChI=1S/C31H26N4O5S3/c1-40-30(39)20-7-9-22(10-8-20)32-29(38)18-42-31-35-25-13-12-24(15-26(25)43-31)34-28(37)17-41-16-27(36)33-23-11-6-19-4-2-3-5-21(19)14-23/h2-15H,16-18H2,1H3,(H,32,38)(H,33,36)(H,34,37). The quantitative estimate of drug-likeness (QED) is 0.115. The maximum absolute atomic E-state index is 12.5. The van der Waals surface area contributed by atoms with Crippen LogP contribution >= 0.6 is 34.9 Å². The fourth-order valence-corrected chi connectivity index (χ4v) is 6.60. The van der Waals surface area contributed by atoms with Gasteiger partial charge in [-0.2, -0.15) is 0 Å². The number of nitrogens with zero attached hydrogens (tertiary/aromatic N) is 1. The van der Waals surface area contributed by atoms with Crippen LogP contribution < -0.4 is 16.0 Å². The summed E-state index contributed by atoms with van der Waals surface area (Å²) in [4.78, 5) is 53.3. The summed E-state index contributed by atoms with van der Waals surface area (Å²) in [5.41, 5.74) is 3.10. The highest BCUT2D eigenvalue weighted by atomic mass is 32.2. The number of hydrogen-bond donors (Lipinski definition) is 3. The molecule has 0 aliphatic heterocycles. The van der Waals surface area contributed by atoms with Crippen molar-refractivity contribution in [3.05, 3.63) is 90.5 Å². The van der Waals surface area contributed by atoms with E-state index in [1.807, 2.05) is 54.6 Å². The average Bonchev–Trinajstić information content (AvgIpc) is 3.42. The van der Waals surface area contributed by atoms with Crippen LogP contribution in [0.25, 0.3) is 21.0 Å². The molecule has 0 aliphatic rings. The van der Waals surface area contributed by atoms with E-state index in [1.54, 1.807) is 30.3 Å². The van der Waals surface area contributed by atoms with Crippen LogP contribution in [-0.4, -0.2) is 53.0 Å². The van der Waals surface area contributed by atoms with Gasteiger partial charge in [-0.1, -0.05) is 42.1 Å². The van der Waals surface area contributed by atoms with Gasteiger partial charge in [0, 0.05) is 17.1 Å². The third-order valence-corrected chi connectivity index (χ3v) is 9.16. The predicted octanol–water partition coefficient (Wildman–Crippen LogP) is 6.28. The number of rotatable bonds is 11. The first-order valence-corrected chi connectivity index (χ1v) is 16.0. The zero-order valence-electron chi connectivity index (χ0n) is 22.9. The number of hydrogen-bond acceptors (Lipinski definition) is 9. The second-order valence-corrected chi connectivity index (χ2v) is 12.5. The van der Waals surface area contributed by atoms with Crippen molar-refractivity contribution in [2.24, 2.45) is 0 Å². The van der Waals surface area contributed by atoms with E-state index in [2.05, 4.69) is 25.7 Å². The fourth-order valence-electron chi connectivity index (χ4n) is 4.07. The number of aromatic nitrogens is 1. The number of esters is 1. The van der Waals surface area contributed by atoms with Crippen LogP contribution in [0.5, 0.6) is 0 Å². The van der Waals surface area contributed by atoms with Crippen LogP contribution in [0.15, 0.2) is 89.3 Å². The fraction of sp³-hybridized carbons (Fsp3) is 0.129. The molecule has 43 heavy (non-hydrogen) atoms. The first-order valence-electron chi connectivity index (χ1n) is 13.0. The summed E-state index contributed by atoms with van der Waals surface area (Å²) in [5.74, 6) is -0.579. The number of fused-ring (bicyclic) bond motifs is 2. The van der Waals surface area contributed by atoms with Crippen molar-refractivity contribution in [1.29, 1.82) is 0 Å². The van der Waals surface area contributed by atoms with Crippen LogP contribution in [-0.2, 0) is 19.1 Å². The van der Waals surface area contributed by atoms with E-state index in [0.29, 0.717) is 16.9 Å². The molecule has 0 bridgehead atoms. The molecular weight excluding hydrogens is 605 g/mol. The Labute approximate surface area is 259 Å². The Hall–Kier alpha value is -4.39.